The Bertz CT molecular complexity index is 1030. The second-order valence-electron chi connectivity index (χ2n) is 6.86. The Kier molecular flexibility index (Phi) is 5.72. The van der Waals surface area contributed by atoms with Gasteiger partial charge in [0, 0.05) is 31.9 Å². The summed E-state index contributed by atoms with van der Waals surface area (Å²) in [6.45, 7) is 1.69. The molecule has 156 valence electrons. The van der Waals surface area contributed by atoms with E-state index in [9.17, 15) is 19.7 Å². The van der Waals surface area contributed by atoms with Crippen LogP contribution in [0.5, 0.6) is 5.75 Å². The van der Waals surface area contributed by atoms with Gasteiger partial charge in [0.2, 0.25) is 0 Å². The van der Waals surface area contributed by atoms with Gasteiger partial charge in [0.25, 0.3) is 11.6 Å². The third-order valence-electron chi connectivity index (χ3n) is 5.16. The highest BCUT2D eigenvalue weighted by Crippen LogP contribution is 2.37. The minimum absolute atomic E-state index is 0.0682. The smallest absolute Gasteiger partial charge is 0.324 e. The van der Waals surface area contributed by atoms with Crippen LogP contribution in [-0.4, -0.2) is 47.9 Å². The van der Waals surface area contributed by atoms with Gasteiger partial charge in [0.15, 0.2) is 0 Å². The number of nitrogens with one attached hydrogen (secondary N) is 1. The summed E-state index contributed by atoms with van der Waals surface area (Å²) in [4.78, 5) is 39.3. The summed E-state index contributed by atoms with van der Waals surface area (Å²) in [5.41, 5.74) is 1.87. The zero-order valence-corrected chi connectivity index (χ0v) is 17.1. The number of amides is 3. The minimum atomic E-state index is -0.704. The molecule has 0 spiro atoms. The Labute approximate surface area is 173 Å². The van der Waals surface area contributed by atoms with Crippen LogP contribution in [0.25, 0.3) is 0 Å². The fraction of sp³-hybridized carbons (Fsp3) is 0.238. The number of urea groups is 1. The number of hydrogen-bond acceptors (Lipinski definition) is 5. The van der Waals surface area contributed by atoms with E-state index in [1.54, 1.807) is 57.4 Å². The van der Waals surface area contributed by atoms with Gasteiger partial charge in [-0.15, -0.1) is 0 Å². The van der Waals surface area contributed by atoms with Crippen LogP contribution in [0.2, 0.25) is 0 Å². The van der Waals surface area contributed by atoms with Crippen molar-refractivity contribution in [3.63, 3.8) is 0 Å². The highest BCUT2D eigenvalue weighted by molar-refractivity contribution is 6.07. The molecule has 2 aromatic rings. The summed E-state index contributed by atoms with van der Waals surface area (Å²) in [5, 5.41) is 13.8. The summed E-state index contributed by atoms with van der Waals surface area (Å²) in [6.07, 6.45) is 0. The number of carbonyl (C=O) groups is 2. The maximum Gasteiger partial charge on any atom is 0.324 e. The van der Waals surface area contributed by atoms with Crippen molar-refractivity contribution in [1.29, 1.82) is 0 Å². The molecule has 0 unspecified atom stereocenters. The average molecular weight is 410 g/mol. The second kappa shape index (κ2) is 8.24. The summed E-state index contributed by atoms with van der Waals surface area (Å²) in [7, 11) is 4.69. The third kappa shape index (κ3) is 3.69. The van der Waals surface area contributed by atoms with Crippen LogP contribution in [0.1, 0.15) is 18.5 Å². The number of nitro benzene ring substituents is 1. The first-order valence-electron chi connectivity index (χ1n) is 9.16. The van der Waals surface area contributed by atoms with E-state index < -0.39 is 16.9 Å². The average Bonchev–Trinajstić information content (AvgIpc) is 2.75. The van der Waals surface area contributed by atoms with Crippen molar-refractivity contribution in [2.24, 2.45) is 0 Å². The standard InChI is InChI=1S/C21H22N4O5/c1-13-18(20(26)22-16-7-5-6-8-17(16)30-4)19(24(3)21(27)23(13)2)14-9-11-15(12-10-14)25(28)29/h5-12,19H,1-4H3,(H,22,26)/t19-/m0/s1. The molecular formula is C21H22N4O5. The van der Waals surface area contributed by atoms with E-state index in [0.717, 1.165) is 0 Å². The van der Waals surface area contributed by atoms with E-state index >= 15 is 0 Å². The predicted molar refractivity (Wildman–Crippen MR) is 111 cm³/mol. The largest absolute Gasteiger partial charge is 0.495 e. The van der Waals surface area contributed by atoms with Crippen LogP contribution < -0.4 is 10.1 Å². The molecule has 0 bridgehead atoms. The van der Waals surface area contributed by atoms with Crippen LogP contribution in [0.15, 0.2) is 59.8 Å². The zero-order valence-electron chi connectivity index (χ0n) is 17.1. The van der Waals surface area contributed by atoms with Crippen LogP contribution in [-0.2, 0) is 4.79 Å². The number of nitro groups is 1. The van der Waals surface area contributed by atoms with Crippen molar-refractivity contribution in [3.05, 3.63) is 75.5 Å². The first-order chi connectivity index (χ1) is 14.3. The predicted octanol–water partition coefficient (Wildman–Crippen LogP) is 3.55. The number of ether oxygens (including phenoxy) is 1. The molecule has 0 saturated heterocycles. The molecule has 2 aromatic carbocycles. The molecule has 0 fully saturated rings. The van der Waals surface area contributed by atoms with Gasteiger partial charge >= 0.3 is 6.03 Å². The fourth-order valence-corrected chi connectivity index (χ4v) is 3.46. The van der Waals surface area contributed by atoms with Crippen LogP contribution >= 0.6 is 0 Å². The van der Waals surface area contributed by atoms with Crippen LogP contribution in [0, 0.1) is 10.1 Å². The lowest BCUT2D eigenvalue weighted by molar-refractivity contribution is -0.384. The molecule has 3 rings (SSSR count). The van der Waals surface area contributed by atoms with E-state index in [4.69, 9.17) is 4.74 Å². The molecule has 1 aliphatic heterocycles. The maximum absolute atomic E-state index is 13.3. The van der Waals surface area contributed by atoms with Gasteiger partial charge in [0.05, 0.1) is 29.3 Å². The van der Waals surface area contributed by atoms with Gasteiger partial charge in [0.1, 0.15) is 5.75 Å². The molecule has 9 nitrogen and oxygen atoms in total. The quantitative estimate of drug-likeness (QED) is 0.599. The lowest BCUT2D eigenvalue weighted by Crippen LogP contribution is -2.47. The Morgan fingerprint density at radius 1 is 1.13 bits per heavy atom. The number of nitrogens with zero attached hydrogens (tertiary/aromatic N) is 3. The number of methoxy groups -OCH3 is 1. The number of benzene rings is 2. The monoisotopic (exact) mass is 410 g/mol. The van der Waals surface area contributed by atoms with Gasteiger partial charge < -0.3 is 19.9 Å². The molecule has 3 amide bonds. The van der Waals surface area contributed by atoms with E-state index in [2.05, 4.69) is 5.32 Å². The van der Waals surface area contributed by atoms with Gasteiger partial charge in [-0.2, -0.15) is 0 Å². The molecule has 0 aliphatic carbocycles. The molecule has 1 aliphatic rings. The molecule has 1 atom stereocenters. The molecule has 9 heteroatoms. The molecule has 0 saturated carbocycles. The second-order valence-corrected chi connectivity index (χ2v) is 6.86. The van der Waals surface area contributed by atoms with E-state index in [-0.39, 0.29) is 11.7 Å². The number of non-ortho nitro benzene ring substituents is 1. The summed E-state index contributed by atoms with van der Waals surface area (Å²) in [5.74, 6) is 0.108. The Morgan fingerprint density at radius 3 is 2.37 bits per heavy atom. The van der Waals surface area contributed by atoms with Crippen molar-refractivity contribution in [3.8, 4) is 5.75 Å². The molecule has 0 aromatic heterocycles. The van der Waals surface area contributed by atoms with Crippen LogP contribution in [0.3, 0.4) is 0 Å². The summed E-state index contributed by atoms with van der Waals surface area (Å²) in [6, 6.07) is 11.9. The van der Waals surface area contributed by atoms with Crippen molar-refractivity contribution in [1.82, 2.24) is 9.80 Å². The highest BCUT2D eigenvalue weighted by Gasteiger charge is 2.38. The zero-order chi connectivity index (χ0) is 22.0. The SMILES string of the molecule is COc1ccccc1NC(=O)C1=C(C)N(C)C(=O)N(C)[C@H]1c1ccc([N+](=O)[O-])cc1. The molecule has 30 heavy (non-hydrogen) atoms. The fourth-order valence-electron chi connectivity index (χ4n) is 3.46. The molecule has 0 radical (unpaired) electrons. The van der Waals surface area contributed by atoms with Crippen LogP contribution in [0.4, 0.5) is 16.2 Å². The number of carbonyl (C=O) groups excluding carboxylic acids is 2. The van der Waals surface area contributed by atoms with Crippen molar-refractivity contribution in [2.75, 3.05) is 26.5 Å². The van der Waals surface area contributed by atoms with Crippen molar-refractivity contribution < 1.29 is 19.2 Å². The molecular weight excluding hydrogens is 388 g/mol. The van der Waals surface area contributed by atoms with Crippen molar-refractivity contribution >= 4 is 23.3 Å². The number of anilines is 1. The van der Waals surface area contributed by atoms with E-state index in [1.165, 1.54) is 29.0 Å². The number of likely N-dealkylation sites (N-methyl/N-ethyl adjacent to an activating group) is 1. The molecule has 1 heterocycles. The summed E-state index contributed by atoms with van der Waals surface area (Å²) < 4.78 is 5.30. The van der Waals surface area contributed by atoms with Gasteiger partial charge in [-0.25, -0.2) is 4.79 Å². The first kappa shape index (κ1) is 20.8. The van der Waals surface area contributed by atoms with Gasteiger partial charge in [-0.05, 0) is 36.8 Å². The Balaban J connectivity index is 2.05. The topological polar surface area (TPSA) is 105 Å². The number of para-hydroxylation sites is 2. The Morgan fingerprint density at radius 2 is 1.77 bits per heavy atom. The minimum Gasteiger partial charge on any atom is -0.495 e. The number of rotatable bonds is 5. The van der Waals surface area contributed by atoms with Gasteiger partial charge in [-0.1, -0.05) is 12.1 Å². The highest BCUT2D eigenvalue weighted by atomic mass is 16.6. The normalized spacial score (nSPS) is 16.5. The lowest BCUT2D eigenvalue weighted by atomic mass is 9.92. The van der Waals surface area contributed by atoms with E-state index in [1.807, 2.05) is 0 Å². The Hall–Kier alpha value is -3.88. The third-order valence-corrected chi connectivity index (χ3v) is 5.16. The number of hydrogen-bond donors (Lipinski definition) is 1. The van der Waals surface area contributed by atoms with Gasteiger partial charge in [-0.3, -0.25) is 14.9 Å². The van der Waals surface area contributed by atoms with E-state index in [0.29, 0.717) is 28.3 Å². The lowest BCUT2D eigenvalue weighted by Gasteiger charge is -2.39. The maximum atomic E-state index is 13.3. The summed E-state index contributed by atoms with van der Waals surface area (Å²) >= 11 is 0. The van der Waals surface area contributed by atoms with Crippen molar-refractivity contribution in [2.45, 2.75) is 13.0 Å². The number of allylic oxidation sites excluding steroid dienone is 1. The first-order valence-corrected chi connectivity index (χ1v) is 9.16. The molecule has 1 N–H and O–H groups in total.